The second kappa shape index (κ2) is 20.7. The molecule has 0 saturated carbocycles. The van der Waals surface area contributed by atoms with E-state index in [0.717, 1.165) is 22.4 Å². The summed E-state index contributed by atoms with van der Waals surface area (Å²) in [7, 11) is 6.25. The van der Waals surface area contributed by atoms with Gasteiger partial charge in [0.1, 0.15) is 47.8 Å². The Balaban J connectivity index is 1.42. The van der Waals surface area contributed by atoms with E-state index < -0.39 is 73.4 Å². The predicted molar refractivity (Wildman–Crippen MR) is 198 cm³/mol. The van der Waals surface area contributed by atoms with Gasteiger partial charge in [0.25, 0.3) is 0 Å². The molecule has 0 spiro atoms. The van der Waals surface area contributed by atoms with Crippen LogP contribution in [0.3, 0.4) is 0 Å². The van der Waals surface area contributed by atoms with Crippen molar-refractivity contribution < 1.29 is 71.5 Å². The smallest absolute Gasteiger partial charge is 0.303 e. The van der Waals surface area contributed by atoms with Gasteiger partial charge >= 0.3 is 11.9 Å². The lowest BCUT2D eigenvalue weighted by molar-refractivity contribution is -0.369. The molecule has 2 aliphatic rings. The Morgan fingerprint density at radius 2 is 1.05 bits per heavy atom. The van der Waals surface area contributed by atoms with Crippen LogP contribution in [0, 0.1) is 0 Å². The van der Waals surface area contributed by atoms with Crippen molar-refractivity contribution in [1.29, 1.82) is 0 Å². The summed E-state index contributed by atoms with van der Waals surface area (Å²) in [6.07, 6.45) is -10.9. The van der Waals surface area contributed by atoms with Crippen molar-refractivity contribution >= 4 is 11.9 Å². The largest absolute Gasteiger partial charge is 0.497 e. The topological polar surface area (TPSA) is 165 Å². The first-order valence-corrected chi connectivity index (χ1v) is 18.2. The number of carbonyl (C=O) groups excluding carboxylic acids is 2. The van der Waals surface area contributed by atoms with E-state index >= 15 is 0 Å². The molecule has 0 amide bonds. The van der Waals surface area contributed by atoms with Crippen molar-refractivity contribution in [2.45, 2.75) is 102 Å². The highest BCUT2D eigenvalue weighted by atomic mass is 16.8. The Kier molecular flexibility index (Phi) is 15.8. The van der Waals surface area contributed by atoms with Crippen molar-refractivity contribution in [2.24, 2.45) is 0 Å². The Hall–Kier alpha value is -4.32. The summed E-state index contributed by atoms with van der Waals surface area (Å²) in [5.74, 6) is 0.806. The van der Waals surface area contributed by atoms with Crippen molar-refractivity contribution in [2.75, 3.05) is 35.0 Å². The van der Waals surface area contributed by atoms with E-state index in [0.29, 0.717) is 11.5 Å². The molecule has 56 heavy (non-hydrogen) atoms. The number of hydrogen-bond acceptors (Lipinski definition) is 15. The van der Waals surface area contributed by atoms with E-state index in [-0.39, 0.29) is 26.4 Å². The fourth-order valence-corrected chi connectivity index (χ4v) is 6.59. The number of carbonyl (C=O) groups is 2. The zero-order chi connectivity index (χ0) is 40.2. The van der Waals surface area contributed by atoms with Crippen molar-refractivity contribution in [3.8, 4) is 17.2 Å². The molecule has 10 atom stereocenters. The molecule has 15 nitrogen and oxygen atoms in total. The minimum atomic E-state index is -1.57. The molecule has 0 aromatic heterocycles. The maximum Gasteiger partial charge on any atom is 0.303 e. The highest BCUT2D eigenvalue weighted by molar-refractivity contribution is 5.67. The zero-order valence-corrected chi connectivity index (χ0v) is 32.7. The summed E-state index contributed by atoms with van der Waals surface area (Å²) < 4.78 is 71.1. The molecule has 0 radical (unpaired) electrons. The van der Waals surface area contributed by atoms with Gasteiger partial charge in [0.05, 0.1) is 53.9 Å². The maximum absolute atomic E-state index is 12.5. The minimum Gasteiger partial charge on any atom is -0.497 e. The molecule has 0 unspecified atom stereocenters. The van der Waals surface area contributed by atoms with Crippen LogP contribution in [-0.2, 0) is 72.0 Å². The Labute approximate surface area is 326 Å². The van der Waals surface area contributed by atoms with Crippen LogP contribution in [0.15, 0.2) is 72.8 Å². The fraction of sp³-hybridized carbons (Fsp3) is 0.512. The van der Waals surface area contributed by atoms with Crippen LogP contribution in [-0.4, -0.2) is 114 Å². The van der Waals surface area contributed by atoms with Crippen molar-refractivity contribution in [3.05, 3.63) is 89.5 Å². The molecule has 0 aliphatic carbocycles. The van der Waals surface area contributed by atoms with Crippen LogP contribution in [0.2, 0.25) is 0 Å². The summed E-state index contributed by atoms with van der Waals surface area (Å²) in [6, 6.07) is 22.0. The first kappa shape index (κ1) is 42.8. The van der Waals surface area contributed by atoms with Gasteiger partial charge in [-0.25, -0.2) is 0 Å². The summed E-state index contributed by atoms with van der Waals surface area (Å²) >= 11 is 0. The molecule has 0 bridgehead atoms. The van der Waals surface area contributed by atoms with Crippen LogP contribution in [0.25, 0.3) is 0 Å². The zero-order valence-electron chi connectivity index (χ0n) is 32.7. The van der Waals surface area contributed by atoms with E-state index in [1.807, 2.05) is 60.7 Å². The van der Waals surface area contributed by atoms with Gasteiger partial charge in [0.2, 0.25) is 0 Å². The number of hydrogen-bond donors (Lipinski definition) is 1. The van der Waals surface area contributed by atoms with Crippen LogP contribution >= 0.6 is 0 Å². The summed E-state index contributed by atoms with van der Waals surface area (Å²) in [4.78, 5) is 24.7. The SMILES string of the molecule is COc1ccc(COC[C@H]2O[C@@H](O)[C@H](O[C@@H]3O[C@@H](C)[C@@H](OC(C)=O)[C@@H](OC(C)=O)[C@@H]3OCc3ccc(OC)cc3)[C@@H](OCc3ccc(OC)cc3)[C@H]2OC)cc1. The van der Waals surface area contributed by atoms with Crippen LogP contribution in [0.1, 0.15) is 37.5 Å². The monoisotopic (exact) mass is 784 g/mol. The van der Waals surface area contributed by atoms with Gasteiger partial charge in [0, 0.05) is 21.0 Å². The van der Waals surface area contributed by atoms with Gasteiger partial charge in [-0.15, -0.1) is 0 Å². The molecule has 2 saturated heterocycles. The number of methoxy groups -OCH3 is 4. The quantitative estimate of drug-likeness (QED) is 0.183. The second-order valence-electron chi connectivity index (χ2n) is 13.3. The lowest BCUT2D eigenvalue weighted by Crippen LogP contribution is -2.65. The third kappa shape index (κ3) is 11.4. The number of ether oxygens (including phenoxy) is 12. The van der Waals surface area contributed by atoms with Crippen LogP contribution < -0.4 is 14.2 Å². The molecule has 3 aromatic rings. The van der Waals surface area contributed by atoms with E-state index in [2.05, 4.69) is 0 Å². The van der Waals surface area contributed by atoms with E-state index in [9.17, 15) is 14.7 Å². The lowest BCUT2D eigenvalue weighted by Gasteiger charge is -2.48. The number of aliphatic hydroxyl groups is 1. The minimum absolute atomic E-state index is 0.0201. The Morgan fingerprint density at radius 3 is 1.52 bits per heavy atom. The Morgan fingerprint density at radius 1 is 0.589 bits per heavy atom. The second-order valence-corrected chi connectivity index (χ2v) is 13.3. The first-order chi connectivity index (χ1) is 27.0. The maximum atomic E-state index is 12.5. The van der Waals surface area contributed by atoms with E-state index in [1.54, 1.807) is 40.4 Å². The highest BCUT2D eigenvalue weighted by Crippen LogP contribution is 2.35. The number of rotatable bonds is 18. The Bertz CT molecular complexity index is 1650. The summed E-state index contributed by atoms with van der Waals surface area (Å²) in [6.45, 7) is 4.56. The molecule has 5 rings (SSSR count). The molecule has 2 heterocycles. The molecule has 306 valence electrons. The normalized spacial score (nSPS) is 27.6. The summed E-state index contributed by atoms with van der Waals surface area (Å²) in [5, 5.41) is 11.7. The van der Waals surface area contributed by atoms with Crippen molar-refractivity contribution in [1.82, 2.24) is 0 Å². The number of aliphatic hydroxyl groups excluding tert-OH is 1. The van der Waals surface area contributed by atoms with Gasteiger partial charge in [-0.1, -0.05) is 36.4 Å². The van der Waals surface area contributed by atoms with Gasteiger partial charge in [0.15, 0.2) is 24.8 Å². The average molecular weight is 785 g/mol. The lowest BCUT2D eigenvalue weighted by atomic mass is 9.96. The number of benzene rings is 3. The van der Waals surface area contributed by atoms with Gasteiger partial charge in [-0.05, 0) is 60.0 Å². The van der Waals surface area contributed by atoms with Crippen LogP contribution in [0.4, 0.5) is 0 Å². The molecular formula is C41H52O15. The van der Waals surface area contributed by atoms with Gasteiger partial charge in [-0.2, -0.15) is 0 Å². The van der Waals surface area contributed by atoms with E-state index in [1.165, 1.54) is 21.0 Å². The third-order valence-corrected chi connectivity index (χ3v) is 9.42. The highest BCUT2D eigenvalue weighted by Gasteiger charge is 2.54. The van der Waals surface area contributed by atoms with Crippen molar-refractivity contribution in [3.63, 3.8) is 0 Å². The molecule has 3 aromatic carbocycles. The molecule has 2 fully saturated rings. The van der Waals surface area contributed by atoms with E-state index in [4.69, 9.17) is 56.8 Å². The van der Waals surface area contributed by atoms with Crippen LogP contribution in [0.5, 0.6) is 17.2 Å². The summed E-state index contributed by atoms with van der Waals surface area (Å²) in [5.41, 5.74) is 2.48. The molecule has 1 N–H and O–H groups in total. The molecular weight excluding hydrogens is 732 g/mol. The first-order valence-electron chi connectivity index (χ1n) is 18.2. The third-order valence-electron chi connectivity index (χ3n) is 9.42. The average Bonchev–Trinajstić information content (AvgIpc) is 3.19. The number of esters is 2. The standard InChI is InChI=1S/C41H52O15/c1-24-34(53-25(2)42)37(54-26(3)43)39(51-22-29-12-18-32(47-6)19-13-29)41(52-24)56-38-36(50-21-28-10-16-31(46-5)17-11-28)35(48-7)33(55-40(38)44)23-49-20-27-8-14-30(45-4)15-9-27/h8-19,24,33-41,44H,20-23H2,1-7H3/t24-,33+,34+,35-,36-,37+,38+,39-,40+,41-/m0/s1. The predicted octanol–water partition coefficient (Wildman–Crippen LogP) is 4.13. The molecule has 2 aliphatic heterocycles. The fourth-order valence-electron chi connectivity index (χ4n) is 6.59. The van der Waals surface area contributed by atoms with Gasteiger partial charge in [-0.3, -0.25) is 9.59 Å². The molecule has 15 heteroatoms. The van der Waals surface area contributed by atoms with Gasteiger partial charge < -0.3 is 61.9 Å².